The van der Waals surface area contributed by atoms with Crippen LogP contribution in [0.3, 0.4) is 0 Å². The zero-order chi connectivity index (χ0) is 11.5. The molecule has 86 valence electrons. The first-order valence-corrected chi connectivity index (χ1v) is 6.33. The first kappa shape index (κ1) is 11.4. The van der Waals surface area contributed by atoms with E-state index in [9.17, 15) is 0 Å². The summed E-state index contributed by atoms with van der Waals surface area (Å²) in [5, 5.41) is 12.2. The monoisotopic (exact) mass is 235 g/mol. The molecule has 0 amide bonds. The molecule has 1 unspecified atom stereocenters. The molecule has 0 aliphatic carbocycles. The molecule has 2 heterocycles. The van der Waals surface area contributed by atoms with Gasteiger partial charge in [0.1, 0.15) is 0 Å². The highest BCUT2D eigenvalue weighted by Gasteiger charge is 2.14. The molecular weight excluding hydrogens is 218 g/mol. The lowest BCUT2D eigenvalue weighted by molar-refractivity contribution is 0.576. The summed E-state index contributed by atoms with van der Waals surface area (Å²) >= 11 is 1.76. The number of likely N-dealkylation sites (N-methyl/N-ethyl adjacent to an activating group) is 1. The van der Waals surface area contributed by atoms with E-state index in [1.807, 2.05) is 25.0 Å². The zero-order valence-corrected chi connectivity index (χ0v) is 10.7. The van der Waals surface area contributed by atoms with Crippen molar-refractivity contribution in [2.45, 2.75) is 19.4 Å². The smallest absolute Gasteiger partial charge is 0.0643 e. The number of hydrogen-bond donors (Lipinski definition) is 1. The Balaban J connectivity index is 2.15. The van der Waals surface area contributed by atoms with Crippen LogP contribution in [0.1, 0.15) is 22.9 Å². The van der Waals surface area contributed by atoms with Crippen LogP contribution in [0.15, 0.2) is 23.0 Å². The minimum Gasteiger partial charge on any atom is -0.313 e. The second kappa shape index (κ2) is 4.80. The molecule has 0 aliphatic heterocycles. The van der Waals surface area contributed by atoms with Crippen molar-refractivity contribution >= 4 is 11.3 Å². The predicted octanol–water partition coefficient (Wildman–Crippen LogP) is 2.29. The third kappa shape index (κ3) is 2.33. The predicted molar refractivity (Wildman–Crippen MR) is 67.8 cm³/mol. The molecule has 0 aromatic carbocycles. The van der Waals surface area contributed by atoms with Crippen molar-refractivity contribution in [3.8, 4) is 0 Å². The molecule has 2 rings (SSSR count). The van der Waals surface area contributed by atoms with Gasteiger partial charge in [0.05, 0.1) is 5.69 Å². The Morgan fingerprint density at radius 2 is 2.31 bits per heavy atom. The summed E-state index contributed by atoms with van der Waals surface area (Å²) in [6, 6.07) is 2.44. The molecule has 0 spiro atoms. The van der Waals surface area contributed by atoms with Gasteiger partial charge in [-0.3, -0.25) is 4.68 Å². The molecular formula is C12H17N3S. The normalized spacial score (nSPS) is 12.9. The van der Waals surface area contributed by atoms with Crippen LogP contribution >= 0.6 is 11.3 Å². The fourth-order valence-electron chi connectivity index (χ4n) is 1.88. The molecule has 0 radical (unpaired) electrons. The minimum atomic E-state index is 0.362. The van der Waals surface area contributed by atoms with E-state index in [1.165, 1.54) is 11.1 Å². The molecule has 0 bridgehead atoms. The van der Waals surface area contributed by atoms with Gasteiger partial charge in [-0.25, -0.2) is 0 Å². The van der Waals surface area contributed by atoms with Crippen LogP contribution in [-0.4, -0.2) is 16.8 Å². The summed E-state index contributed by atoms with van der Waals surface area (Å²) in [6.07, 6.45) is 2.93. The van der Waals surface area contributed by atoms with E-state index in [4.69, 9.17) is 0 Å². The summed E-state index contributed by atoms with van der Waals surface area (Å²) in [7, 11) is 3.96. The fraction of sp³-hybridized carbons (Fsp3) is 0.417. The summed E-state index contributed by atoms with van der Waals surface area (Å²) in [5.41, 5.74) is 3.88. The Morgan fingerprint density at radius 1 is 1.50 bits per heavy atom. The van der Waals surface area contributed by atoms with E-state index in [0.29, 0.717) is 6.04 Å². The van der Waals surface area contributed by atoms with E-state index in [0.717, 1.165) is 12.1 Å². The number of nitrogens with zero attached hydrogens (tertiary/aromatic N) is 2. The number of hydrogen-bond acceptors (Lipinski definition) is 3. The summed E-state index contributed by atoms with van der Waals surface area (Å²) in [4.78, 5) is 0. The number of nitrogens with one attached hydrogen (secondary N) is 1. The van der Waals surface area contributed by atoms with Crippen LogP contribution in [0.2, 0.25) is 0 Å². The van der Waals surface area contributed by atoms with Crippen molar-refractivity contribution in [3.63, 3.8) is 0 Å². The maximum absolute atomic E-state index is 4.42. The Hall–Kier alpha value is -1.13. The van der Waals surface area contributed by atoms with E-state index in [1.54, 1.807) is 11.3 Å². The third-order valence-corrected chi connectivity index (χ3v) is 3.68. The van der Waals surface area contributed by atoms with Gasteiger partial charge < -0.3 is 5.32 Å². The quantitative estimate of drug-likeness (QED) is 0.881. The van der Waals surface area contributed by atoms with Gasteiger partial charge in [-0.2, -0.15) is 16.4 Å². The SMILES string of the molecule is CNC(Cc1ccn(C)n1)c1cscc1C. The van der Waals surface area contributed by atoms with E-state index >= 15 is 0 Å². The molecule has 1 atom stereocenters. The van der Waals surface area contributed by atoms with Crippen LogP contribution in [-0.2, 0) is 13.5 Å². The van der Waals surface area contributed by atoms with Crippen LogP contribution < -0.4 is 5.32 Å². The molecule has 1 N–H and O–H groups in total. The molecule has 4 heteroatoms. The maximum Gasteiger partial charge on any atom is 0.0643 e. The van der Waals surface area contributed by atoms with Crippen LogP contribution in [0, 0.1) is 6.92 Å². The van der Waals surface area contributed by atoms with Crippen molar-refractivity contribution in [2.24, 2.45) is 7.05 Å². The Morgan fingerprint density at radius 3 is 2.81 bits per heavy atom. The molecule has 0 fully saturated rings. The Bertz CT molecular complexity index is 458. The highest BCUT2D eigenvalue weighted by molar-refractivity contribution is 7.08. The lowest BCUT2D eigenvalue weighted by Crippen LogP contribution is -2.19. The second-order valence-electron chi connectivity index (χ2n) is 4.04. The van der Waals surface area contributed by atoms with Crippen molar-refractivity contribution in [2.75, 3.05) is 7.05 Å². The first-order chi connectivity index (χ1) is 7.70. The van der Waals surface area contributed by atoms with Gasteiger partial charge in [-0.05, 0) is 41.9 Å². The lowest BCUT2D eigenvalue weighted by atomic mass is 10.0. The minimum absolute atomic E-state index is 0.362. The largest absolute Gasteiger partial charge is 0.313 e. The van der Waals surface area contributed by atoms with Gasteiger partial charge in [0, 0.05) is 25.7 Å². The number of thiophene rings is 1. The van der Waals surface area contributed by atoms with Gasteiger partial charge in [0.25, 0.3) is 0 Å². The molecule has 2 aromatic rings. The van der Waals surface area contributed by atoms with E-state index in [2.05, 4.69) is 34.2 Å². The zero-order valence-electron chi connectivity index (χ0n) is 9.90. The molecule has 3 nitrogen and oxygen atoms in total. The van der Waals surface area contributed by atoms with Crippen molar-refractivity contribution in [1.29, 1.82) is 0 Å². The van der Waals surface area contributed by atoms with Crippen LogP contribution in [0.25, 0.3) is 0 Å². The number of aromatic nitrogens is 2. The molecule has 0 saturated heterocycles. The van der Waals surface area contributed by atoms with Crippen molar-refractivity contribution in [3.05, 3.63) is 39.8 Å². The van der Waals surface area contributed by atoms with E-state index < -0.39 is 0 Å². The summed E-state index contributed by atoms with van der Waals surface area (Å²) in [6.45, 7) is 2.16. The molecule has 2 aromatic heterocycles. The topological polar surface area (TPSA) is 29.9 Å². The first-order valence-electron chi connectivity index (χ1n) is 5.39. The molecule has 0 aliphatic rings. The standard InChI is InChI=1S/C12H17N3S/c1-9-7-16-8-11(9)12(13-2)6-10-4-5-15(3)14-10/h4-5,7-8,12-13H,6H2,1-3H3. The fourth-order valence-corrected chi connectivity index (χ4v) is 2.78. The second-order valence-corrected chi connectivity index (χ2v) is 4.78. The Kier molecular flexibility index (Phi) is 3.41. The average Bonchev–Trinajstić information content (AvgIpc) is 2.84. The highest BCUT2D eigenvalue weighted by atomic mass is 32.1. The molecule has 16 heavy (non-hydrogen) atoms. The number of aryl methyl sites for hydroxylation is 2. The van der Waals surface area contributed by atoms with Crippen LogP contribution in [0.5, 0.6) is 0 Å². The van der Waals surface area contributed by atoms with Gasteiger partial charge in [0.2, 0.25) is 0 Å². The van der Waals surface area contributed by atoms with Crippen LogP contribution in [0.4, 0.5) is 0 Å². The summed E-state index contributed by atoms with van der Waals surface area (Å²) < 4.78 is 1.85. The average molecular weight is 235 g/mol. The number of rotatable bonds is 4. The van der Waals surface area contributed by atoms with Gasteiger partial charge in [0.15, 0.2) is 0 Å². The third-order valence-electron chi connectivity index (χ3n) is 2.80. The Labute approximate surface area is 100 Å². The van der Waals surface area contributed by atoms with E-state index in [-0.39, 0.29) is 0 Å². The van der Waals surface area contributed by atoms with Gasteiger partial charge in [-0.15, -0.1) is 0 Å². The van der Waals surface area contributed by atoms with Gasteiger partial charge >= 0.3 is 0 Å². The molecule has 0 saturated carbocycles. The highest BCUT2D eigenvalue weighted by Crippen LogP contribution is 2.24. The van der Waals surface area contributed by atoms with Gasteiger partial charge in [-0.1, -0.05) is 0 Å². The maximum atomic E-state index is 4.42. The lowest BCUT2D eigenvalue weighted by Gasteiger charge is -2.14. The van der Waals surface area contributed by atoms with Crippen molar-refractivity contribution < 1.29 is 0 Å². The van der Waals surface area contributed by atoms with Crippen molar-refractivity contribution in [1.82, 2.24) is 15.1 Å². The summed E-state index contributed by atoms with van der Waals surface area (Å²) in [5.74, 6) is 0.